The van der Waals surface area contributed by atoms with E-state index in [9.17, 15) is 18.0 Å². The van der Waals surface area contributed by atoms with Crippen molar-refractivity contribution >= 4 is 21.8 Å². The van der Waals surface area contributed by atoms with E-state index < -0.39 is 10.0 Å². The van der Waals surface area contributed by atoms with Gasteiger partial charge in [-0.2, -0.15) is 0 Å². The van der Waals surface area contributed by atoms with Gasteiger partial charge in [-0.05, 0) is 39.1 Å². The summed E-state index contributed by atoms with van der Waals surface area (Å²) in [6.45, 7) is 1.31. The van der Waals surface area contributed by atoms with E-state index in [-0.39, 0.29) is 43.4 Å². The number of piperidine rings is 1. The number of rotatable bonds is 8. The number of amides is 2. The molecule has 0 spiro atoms. The molecule has 3 rings (SSSR count). The summed E-state index contributed by atoms with van der Waals surface area (Å²) in [6.07, 6.45) is 1.85. The number of fused-ring (bicyclic) bond motifs is 1. The van der Waals surface area contributed by atoms with Gasteiger partial charge in [-0.25, -0.2) is 12.7 Å². The van der Waals surface area contributed by atoms with Crippen LogP contribution in [0.15, 0.2) is 24.3 Å². The van der Waals surface area contributed by atoms with E-state index in [2.05, 4.69) is 4.90 Å². The van der Waals surface area contributed by atoms with Crippen molar-refractivity contribution in [3.05, 3.63) is 35.4 Å². The highest BCUT2D eigenvalue weighted by atomic mass is 32.2. The zero-order valence-corrected chi connectivity index (χ0v) is 17.2. The minimum Gasteiger partial charge on any atom is -0.378 e. The lowest BCUT2D eigenvalue weighted by molar-refractivity contribution is 0.0574. The first kappa shape index (κ1) is 20.9. The summed E-state index contributed by atoms with van der Waals surface area (Å²) in [6, 6.07) is 6.93. The molecule has 1 saturated heterocycles. The number of carbonyl (C=O) groups excluding carboxylic acids is 2. The number of hydrogen-bond acceptors (Lipinski definition) is 6. The predicted octanol–water partition coefficient (Wildman–Crippen LogP) is 0.655. The molecule has 0 N–H and O–H groups in total. The molecular formula is C19H27N3O5S. The average Bonchev–Trinajstić information content (AvgIpc) is 2.93. The summed E-state index contributed by atoms with van der Waals surface area (Å²) in [5.41, 5.74) is 0.797. The second-order valence-electron chi connectivity index (χ2n) is 7.35. The maximum absolute atomic E-state index is 12.5. The summed E-state index contributed by atoms with van der Waals surface area (Å²) in [7, 11) is 0.543. The number of ether oxygens (including phenoxy) is 1. The Bertz CT molecular complexity index is 805. The zero-order valence-electron chi connectivity index (χ0n) is 16.3. The van der Waals surface area contributed by atoms with Crippen LogP contribution in [-0.2, 0) is 14.8 Å². The lowest BCUT2D eigenvalue weighted by Gasteiger charge is -2.35. The molecule has 1 atom stereocenters. The summed E-state index contributed by atoms with van der Waals surface area (Å²) in [4.78, 5) is 27.7. The van der Waals surface area contributed by atoms with Crippen LogP contribution < -0.4 is 0 Å². The molecule has 1 fully saturated rings. The van der Waals surface area contributed by atoms with Crippen molar-refractivity contribution in [2.45, 2.75) is 18.9 Å². The summed E-state index contributed by atoms with van der Waals surface area (Å²) in [5.74, 6) is -0.769. The van der Waals surface area contributed by atoms with Gasteiger partial charge in [0.1, 0.15) is 0 Å². The molecule has 28 heavy (non-hydrogen) atoms. The normalized spacial score (nSPS) is 20.8. The van der Waals surface area contributed by atoms with Crippen molar-refractivity contribution in [2.24, 2.45) is 0 Å². The number of imide groups is 1. The molecular weight excluding hydrogens is 382 g/mol. The average molecular weight is 410 g/mol. The summed E-state index contributed by atoms with van der Waals surface area (Å²) < 4.78 is 32.0. The molecule has 0 radical (unpaired) electrons. The summed E-state index contributed by atoms with van der Waals surface area (Å²) in [5, 5.41) is 0. The van der Waals surface area contributed by atoms with E-state index in [0.29, 0.717) is 24.2 Å². The van der Waals surface area contributed by atoms with Gasteiger partial charge in [-0.1, -0.05) is 12.1 Å². The largest absolute Gasteiger partial charge is 0.378 e. The molecule has 0 aromatic heterocycles. The molecule has 0 aliphatic carbocycles. The second-order valence-corrected chi connectivity index (χ2v) is 9.44. The van der Waals surface area contributed by atoms with Crippen molar-refractivity contribution in [1.82, 2.24) is 14.1 Å². The van der Waals surface area contributed by atoms with Crippen LogP contribution in [0, 0.1) is 0 Å². The highest BCUT2D eigenvalue weighted by molar-refractivity contribution is 7.89. The predicted molar refractivity (Wildman–Crippen MR) is 105 cm³/mol. The van der Waals surface area contributed by atoms with Gasteiger partial charge in [0.2, 0.25) is 10.0 Å². The third-order valence-corrected chi connectivity index (χ3v) is 7.11. The van der Waals surface area contributed by atoms with Crippen LogP contribution in [0.3, 0.4) is 0 Å². The van der Waals surface area contributed by atoms with E-state index in [1.54, 1.807) is 24.3 Å². The van der Waals surface area contributed by atoms with Crippen LogP contribution in [0.5, 0.6) is 0 Å². The maximum atomic E-state index is 12.5. The molecule has 0 bridgehead atoms. The van der Waals surface area contributed by atoms with Gasteiger partial charge >= 0.3 is 0 Å². The SMILES string of the molecule is CN(C)C1CCCN(S(=O)(=O)CCOCCN2C(=O)c3ccccc3C2=O)C1. The van der Waals surface area contributed by atoms with E-state index >= 15 is 0 Å². The Hall–Kier alpha value is -1.81. The van der Waals surface area contributed by atoms with Crippen molar-refractivity contribution in [2.75, 3.05) is 52.7 Å². The Balaban J connectivity index is 1.44. The van der Waals surface area contributed by atoms with Gasteiger partial charge in [-0.15, -0.1) is 0 Å². The first-order chi connectivity index (χ1) is 13.3. The first-order valence-electron chi connectivity index (χ1n) is 9.48. The number of carbonyl (C=O) groups is 2. The fourth-order valence-electron chi connectivity index (χ4n) is 3.59. The molecule has 9 heteroatoms. The van der Waals surface area contributed by atoms with Crippen LogP contribution in [0.25, 0.3) is 0 Å². The molecule has 2 aliphatic heterocycles. The lowest BCUT2D eigenvalue weighted by atomic mass is 10.1. The van der Waals surface area contributed by atoms with Crippen LogP contribution in [-0.4, -0.2) is 93.1 Å². The van der Waals surface area contributed by atoms with E-state index in [0.717, 1.165) is 17.7 Å². The Morgan fingerprint density at radius 1 is 1.11 bits per heavy atom. The van der Waals surface area contributed by atoms with E-state index in [1.807, 2.05) is 14.1 Å². The highest BCUT2D eigenvalue weighted by Crippen LogP contribution is 2.22. The molecule has 2 heterocycles. The molecule has 154 valence electrons. The van der Waals surface area contributed by atoms with Gasteiger partial charge in [-0.3, -0.25) is 14.5 Å². The quantitative estimate of drug-likeness (QED) is 0.463. The second kappa shape index (κ2) is 8.69. The third kappa shape index (κ3) is 4.43. The fourth-order valence-corrected chi connectivity index (χ4v) is 4.98. The third-order valence-electron chi connectivity index (χ3n) is 5.31. The van der Waals surface area contributed by atoms with Crippen molar-refractivity contribution in [1.29, 1.82) is 0 Å². The van der Waals surface area contributed by atoms with E-state index in [1.165, 1.54) is 4.31 Å². The fraction of sp³-hybridized carbons (Fsp3) is 0.579. The summed E-state index contributed by atoms with van der Waals surface area (Å²) >= 11 is 0. The molecule has 1 unspecified atom stereocenters. The molecule has 8 nitrogen and oxygen atoms in total. The first-order valence-corrected chi connectivity index (χ1v) is 11.1. The van der Waals surface area contributed by atoms with Gasteiger partial charge in [0, 0.05) is 19.1 Å². The van der Waals surface area contributed by atoms with Crippen LogP contribution in [0.2, 0.25) is 0 Å². The number of likely N-dealkylation sites (N-methyl/N-ethyl adjacent to an activating group) is 1. The minimum absolute atomic E-state index is 0.0363. The lowest BCUT2D eigenvalue weighted by Crippen LogP contribution is -2.48. The Morgan fingerprint density at radius 3 is 2.36 bits per heavy atom. The van der Waals surface area contributed by atoms with Gasteiger partial charge in [0.15, 0.2) is 0 Å². The Kier molecular flexibility index (Phi) is 6.49. The number of benzene rings is 1. The topological polar surface area (TPSA) is 87.2 Å². The van der Waals surface area contributed by atoms with E-state index in [4.69, 9.17) is 4.74 Å². The Labute approximate surface area is 166 Å². The molecule has 1 aromatic rings. The van der Waals surface area contributed by atoms with Gasteiger partial charge in [0.25, 0.3) is 11.8 Å². The molecule has 1 aromatic carbocycles. The molecule has 0 saturated carbocycles. The zero-order chi connectivity index (χ0) is 20.3. The van der Waals surface area contributed by atoms with Crippen molar-refractivity contribution < 1.29 is 22.7 Å². The number of sulfonamides is 1. The van der Waals surface area contributed by atoms with Crippen molar-refractivity contribution in [3.8, 4) is 0 Å². The standard InChI is InChI=1S/C19H27N3O5S/c1-20(2)15-6-5-9-21(14-15)28(25,26)13-12-27-11-10-22-18(23)16-7-3-4-8-17(16)19(22)24/h3-4,7-8,15H,5-6,9-14H2,1-2H3. The van der Waals surface area contributed by atoms with Crippen LogP contribution in [0.1, 0.15) is 33.6 Å². The van der Waals surface area contributed by atoms with Crippen LogP contribution >= 0.6 is 0 Å². The van der Waals surface area contributed by atoms with Gasteiger partial charge < -0.3 is 9.64 Å². The van der Waals surface area contributed by atoms with Gasteiger partial charge in [0.05, 0.1) is 36.6 Å². The highest BCUT2D eigenvalue weighted by Gasteiger charge is 2.34. The smallest absolute Gasteiger partial charge is 0.261 e. The molecule has 2 amide bonds. The monoisotopic (exact) mass is 409 g/mol. The number of hydrogen-bond donors (Lipinski definition) is 0. The maximum Gasteiger partial charge on any atom is 0.261 e. The Morgan fingerprint density at radius 2 is 1.75 bits per heavy atom. The molecule has 2 aliphatic rings. The van der Waals surface area contributed by atoms with Crippen molar-refractivity contribution in [3.63, 3.8) is 0 Å². The number of nitrogens with zero attached hydrogens (tertiary/aromatic N) is 3. The minimum atomic E-state index is -3.38. The van der Waals surface area contributed by atoms with Crippen LogP contribution in [0.4, 0.5) is 0 Å².